The molecule has 0 atom stereocenters. The average molecular weight is 327 g/mol. The number of nitrogens with zero attached hydrogens (tertiary/aromatic N) is 2. The first-order valence-electron chi connectivity index (χ1n) is 7.34. The Hall–Kier alpha value is -2.47. The van der Waals surface area contributed by atoms with Gasteiger partial charge in [-0.2, -0.15) is 0 Å². The zero-order valence-electron chi connectivity index (χ0n) is 13.0. The molecule has 0 radical (unpaired) electrons. The van der Waals surface area contributed by atoms with Crippen LogP contribution in [0.2, 0.25) is 0 Å². The van der Waals surface area contributed by atoms with Crippen molar-refractivity contribution < 1.29 is 9.32 Å². The van der Waals surface area contributed by atoms with Crippen LogP contribution in [-0.4, -0.2) is 22.6 Å². The Morgan fingerprint density at radius 1 is 1.26 bits per heavy atom. The lowest BCUT2D eigenvalue weighted by molar-refractivity contribution is 0.0916. The Bertz CT molecular complexity index is 805. The molecule has 3 aromatic rings. The summed E-state index contributed by atoms with van der Waals surface area (Å²) in [6.45, 7) is 4.35. The number of carbonyl (C=O) groups excluding carboxylic acids is 1. The van der Waals surface area contributed by atoms with Crippen LogP contribution in [0, 0.1) is 13.8 Å². The molecule has 1 amide bonds. The molecule has 0 unspecified atom stereocenters. The Morgan fingerprint density at radius 3 is 2.65 bits per heavy atom. The first kappa shape index (κ1) is 15.4. The molecule has 6 heteroatoms. The maximum Gasteiger partial charge on any atom is 0.290 e. The summed E-state index contributed by atoms with van der Waals surface area (Å²) in [7, 11) is 0. The third-order valence-electron chi connectivity index (χ3n) is 3.52. The van der Waals surface area contributed by atoms with Gasteiger partial charge in [-0.05, 0) is 25.8 Å². The molecule has 0 fully saturated rings. The summed E-state index contributed by atoms with van der Waals surface area (Å²) in [5.41, 5.74) is 4.02. The van der Waals surface area contributed by atoms with Gasteiger partial charge in [0.1, 0.15) is 0 Å². The van der Waals surface area contributed by atoms with Crippen molar-refractivity contribution in [2.75, 3.05) is 6.54 Å². The summed E-state index contributed by atoms with van der Waals surface area (Å²) in [5, 5.41) is 9.57. The van der Waals surface area contributed by atoms with Gasteiger partial charge in [-0.3, -0.25) is 4.79 Å². The average Bonchev–Trinajstić information content (AvgIpc) is 3.16. The summed E-state index contributed by atoms with van der Waals surface area (Å²) in [4.78, 5) is 16.4. The van der Waals surface area contributed by atoms with Gasteiger partial charge in [-0.15, -0.1) is 11.3 Å². The van der Waals surface area contributed by atoms with Crippen molar-refractivity contribution in [1.82, 2.24) is 15.5 Å². The molecule has 0 aliphatic rings. The predicted molar refractivity (Wildman–Crippen MR) is 89.6 cm³/mol. The SMILES string of the molecule is Cc1nc(-c2ccc(CCNC(=O)c3oncc3C)cc2)cs1. The molecule has 5 nitrogen and oxygen atoms in total. The van der Waals surface area contributed by atoms with Crippen molar-refractivity contribution in [3.8, 4) is 11.3 Å². The molecule has 1 aromatic carbocycles. The topological polar surface area (TPSA) is 68.0 Å². The highest BCUT2D eigenvalue weighted by atomic mass is 32.1. The maximum atomic E-state index is 11.9. The Balaban J connectivity index is 1.55. The highest BCUT2D eigenvalue weighted by Gasteiger charge is 2.13. The number of nitrogens with one attached hydrogen (secondary N) is 1. The first-order valence-corrected chi connectivity index (χ1v) is 8.22. The van der Waals surface area contributed by atoms with Gasteiger partial charge in [0.15, 0.2) is 0 Å². The lowest BCUT2D eigenvalue weighted by Crippen LogP contribution is -2.25. The molecule has 3 rings (SSSR count). The predicted octanol–water partition coefficient (Wildman–Crippen LogP) is 3.39. The number of hydrogen-bond donors (Lipinski definition) is 1. The molecular weight excluding hydrogens is 310 g/mol. The second kappa shape index (κ2) is 6.75. The Labute approximate surface area is 138 Å². The van der Waals surface area contributed by atoms with Crippen LogP contribution in [0.1, 0.15) is 26.7 Å². The summed E-state index contributed by atoms with van der Waals surface area (Å²) in [6, 6.07) is 8.25. The van der Waals surface area contributed by atoms with Crippen molar-refractivity contribution >= 4 is 17.2 Å². The molecule has 118 valence electrons. The first-order chi connectivity index (χ1) is 11.1. The highest BCUT2D eigenvalue weighted by molar-refractivity contribution is 7.09. The van der Waals surface area contributed by atoms with Gasteiger partial charge < -0.3 is 9.84 Å². The number of carbonyl (C=O) groups is 1. The van der Waals surface area contributed by atoms with Crippen LogP contribution >= 0.6 is 11.3 Å². The lowest BCUT2D eigenvalue weighted by atomic mass is 10.1. The van der Waals surface area contributed by atoms with Crippen LogP contribution in [0.5, 0.6) is 0 Å². The van der Waals surface area contributed by atoms with Gasteiger partial charge in [0.05, 0.1) is 16.9 Å². The van der Waals surface area contributed by atoms with E-state index in [0.29, 0.717) is 6.54 Å². The van der Waals surface area contributed by atoms with Crippen LogP contribution in [0.3, 0.4) is 0 Å². The molecule has 2 aromatic heterocycles. The van der Waals surface area contributed by atoms with E-state index in [-0.39, 0.29) is 11.7 Å². The van der Waals surface area contributed by atoms with Gasteiger partial charge in [-0.25, -0.2) is 4.98 Å². The van der Waals surface area contributed by atoms with E-state index in [4.69, 9.17) is 4.52 Å². The van der Waals surface area contributed by atoms with Crippen molar-refractivity contribution in [3.05, 3.63) is 57.7 Å². The number of aryl methyl sites for hydroxylation is 2. The normalized spacial score (nSPS) is 10.7. The van der Waals surface area contributed by atoms with E-state index >= 15 is 0 Å². The molecule has 0 aliphatic carbocycles. The highest BCUT2D eigenvalue weighted by Crippen LogP contribution is 2.21. The third kappa shape index (κ3) is 3.65. The quantitative estimate of drug-likeness (QED) is 0.780. The third-order valence-corrected chi connectivity index (χ3v) is 4.30. The number of thiazole rings is 1. The van der Waals surface area contributed by atoms with E-state index in [9.17, 15) is 4.79 Å². The van der Waals surface area contributed by atoms with E-state index in [2.05, 4.69) is 45.1 Å². The van der Waals surface area contributed by atoms with Crippen LogP contribution in [0.25, 0.3) is 11.3 Å². The van der Waals surface area contributed by atoms with Crippen molar-refractivity contribution in [1.29, 1.82) is 0 Å². The molecule has 0 aliphatic heterocycles. The molecular formula is C17H17N3O2S. The fraction of sp³-hybridized carbons (Fsp3) is 0.235. The number of aromatic nitrogens is 2. The lowest BCUT2D eigenvalue weighted by Gasteiger charge is -2.05. The second-order valence-electron chi connectivity index (χ2n) is 5.29. The number of hydrogen-bond acceptors (Lipinski definition) is 5. The van der Waals surface area contributed by atoms with Crippen molar-refractivity contribution in [3.63, 3.8) is 0 Å². The van der Waals surface area contributed by atoms with Crippen LogP contribution < -0.4 is 5.32 Å². The zero-order chi connectivity index (χ0) is 16.2. The van der Waals surface area contributed by atoms with Gasteiger partial charge in [0.25, 0.3) is 5.91 Å². The number of benzene rings is 1. The molecule has 23 heavy (non-hydrogen) atoms. The number of amides is 1. The van der Waals surface area contributed by atoms with Crippen LogP contribution in [-0.2, 0) is 6.42 Å². The van der Waals surface area contributed by atoms with E-state index in [1.54, 1.807) is 18.3 Å². The molecule has 0 bridgehead atoms. The fourth-order valence-electron chi connectivity index (χ4n) is 2.25. The van der Waals surface area contributed by atoms with E-state index in [1.807, 2.05) is 6.92 Å². The molecule has 0 saturated heterocycles. The zero-order valence-corrected chi connectivity index (χ0v) is 13.8. The van der Waals surface area contributed by atoms with Gasteiger partial charge in [0.2, 0.25) is 5.76 Å². The van der Waals surface area contributed by atoms with E-state index in [0.717, 1.165) is 33.8 Å². The fourth-order valence-corrected chi connectivity index (χ4v) is 2.87. The molecule has 2 heterocycles. The second-order valence-corrected chi connectivity index (χ2v) is 6.35. The number of rotatable bonds is 5. The summed E-state index contributed by atoms with van der Waals surface area (Å²) in [5.74, 6) is 0.0498. The summed E-state index contributed by atoms with van der Waals surface area (Å²) in [6.07, 6.45) is 2.29. The minimum Gasteiger partial charge on any atom is -0.351 e. The Kier molecular flexibility index (Phi) is 4.52. The van der Waals surface area contributed by atoms with Gasteiger partial charge in [-0.1, -0.05) is 29.4 Å². The Morgan fingerprint density at radius 2 is 2.04 bits per heavy atom. The standard InChI is InChI=1S/C17H17N3O2S/c1-11-9-19-22-16(11)17(21)18-8-7-13-3-5-14(6-4-13)15-10-23-12(2)20-15/h3-6,9-10H,7-8H2,1-2H3,(H,18,21). The van der Waals surface area contributed by atoms with Crippen LogP contribution in [0.15, 0.2) is 40.4 Å². The van der Waals surface area contributed by atoms with Gasteiger partial charge in [0, 0.05) is 23.1 Å². The maximum absolute atomic E-state index is 11.9. The molecule has 0 spiro atoms. The smallest absolute Gasteiger partial charge is 0.290 e. The molecule has 1 N–H and O–H groups in total. The monoisotopic (exact) mass is 327 g/mol. The van der Waals surface area contributed by atoms with E-state index < -0.39 is 0 Å². The van der Waals surface area contributed by atoms with Crippen molar-refractivity contribution in [2.24, 2.45) is 0 Å². The largest absolute Gasteiger partial charge is 0.351 e. The summed E-state index contributed by atoms with van der Waals surface area (Å²) < 4.78 is 4.93. The van der Waals surface area contributed by atoms with Crippen molar-refractivity contribution in [2.45, 2.75) is 20.3 Å². The van der Waals surface area contributed by atoms with Gasteiger partial charge >= 0.3 is 0 Å². The van der Waals surface area contributed by atoms with E-state index in [1.165, 1.54) is 6.20 Å². The minimum absolute atomic E-state index is 0.227. The minimum atomic E-state index is -0.227. The molecule has 0 saturated carbocycles. The summed E-state index contributed by atoms with van der Waals surface area (Å²) >= 11 is 1.65. The van der Waals surface area contributed by atoms with Crippen LogP contribution in [0.4, 0.5) is 0 Å².